The van der Waals surface area contributed by atoms with E-state index in [1.807, 2.05) is 48.9 Å². The number of hydrogen-bond acceptors (Lipinski definition) is 10. The standard InChI is InChI=1S/C37H47N5O8S/c1-8-48-34(44)21-31(30-14-15-32-35(25(30)3)38-39-42(32)17-9-10-18-43)26-12-11-24(2)27(19-26)22-41-23-28-20-29(13-16-33(28)50-51(41,46)47)40(7)36(45)49-37(4,5)6/h11-16,19-20,31,43H,8-10,17-18,21-23H2,1-7H3. The number of aliphatic hydroxyl groups excluding tert-OH is 1. The average Bonchev–Trinajstić information content (AvgIpc) is 3.48. The summed E-state index contributed by atoms with van der Waals surface area (Å²) in [6.07, 6.45) is 0.964. The topological polar surface area (TPSA) is 153 Å². The molecule has 0 saturated heterocycles. The molecule has 0 fully saturated rings. The molecule has 3 aromatic carbocycles. The van der Waals surface area contributed by atoms with Crippen molar-refractivity contribution in [3.8, 4) is 5.75 Å². The van der Waals surface area contributed by atoms with E-state index < -0.39 is 27.9 Å². The van der Waals surface area contributed by atoms with Crippen LogP contribution in [0.1, 0.15) is 86.3 Å². The molecule has 5 rings (SSSR count). The van der Waals surface area contributed by atoms with Crippen LogP contribution in [0.4, 0.5) is 10.5 Å². The molecular weight excluding hydrogens is 675 g/mol. The molecule has 1 atom stereocenters. The van der Waals surface area contributed by atoms with Gasteiger partial charge in [-0.15, -0.1) is 5.10 Å². The van der Waals surface area contributed by atoms with Crippen LogP contribution in [0.5, 0.6) is 5.75 Å². The molecule has 4 aromatic rings. The lowest BCUT2D eigenvalue weighted by atomic mass is 9.84. The maximum atomic E-state index is 13.4. The summed E-state index contributed by atoms with van der Waals surface area (Å²) in [5.74, 6) is -0.565. The summed E-state index contributed by atoms with van der Waals surface area (Å²) in [6, 6.07) is 14.6. The van der Waals surface area contributed by atoms with E-state index in [4.69, 9.17) is 13.7 Å². The number of aliphatic hydroxyl groups is 1. The maximum Gasteiger partial charge on any atom is 0.414 e. The lowest BCUT2D eigenvalue weighted by Gasteiger charge is -2.30. The highest BCUT2D eigenvalue weighted by Crippen LogP contribution is 2.37. The fraction of sp³-hybridized carbons (Fsp3) is 0.459. The van der Waals surface area contributed by atoms with Crippen molar-refractivity contribution in [2.75, 3.05) is 25.2 Å². The molecule has 1 unspecified atom stereocenters. The van der Waals surface area contributed by atoms with Gasteiger partial charge in [0, 0.05) is 50.5 Å². The molecule has 14 heteroatoms. The molecule has 1 amide bonds. The van der Waals surface area contributed by atoms with Crippen LogP contribution >= 0.6 is 0 Å². The van der Waals surface area contributed by atoms with Gasteiger partial charge in [-0.3, -0.25) is 9.69 Å². The predicted octanol–water partition coefficient (Wildman–Crippen LogP) is 5.92. The average molecular weight is 722 g/mol. The highest BCUT2D eigenvalue weighted by molar-refractivity contribution is 7.84. The zero-order valence-electron chi connectivity index (χ0n) is 30.3. The normalized spacial score (nSPS) is 14.8. The Morgan fingerprint density at radius 2 is 1.84 bits per heavy atom. The van der Waals surface area contributed by atoms with Gasteiger partial charge in [-0.1, -0.05) is 29.5 Å². The van der Waals surface area contributed by atoms with Crippen LogP contribution in [0.2, 0.25) is 0 Å². The van der Waals surface area contributed by atoms with Crippen LogP contribution in [-0.2, 0) is 44.2 Å². The van der Waals surface area contributed by atoms with E-state index in [0.717, 1.165) is 45.3 Å². The minimum Gasteiger partial charge on any atom is -0.466 e. The van der Waals surface area contributed by atoms with Crippen molar-refractivity contribution >= 4 is 39.1 Å². The summed E-state index contributed by atoms with van der Waals surface area (Å²) < 4.78 is 46.2. The fourth-order valence-electron chi connectivity index (χ4n) is 6.15. The molecule has 1 aliphatic heterocycles. The van der Waals surface area contributed by atoms with E-state index in [0.29, 0.717) is 24.2 Å². The summed E-state index contributed by atoms with van der Waals surface area (Å²) in [5, 5.41) is 18.0. The smallest absolute Gasteiger partial charge is 0.414 e. The van der Waals surface area contributed by atoms with Gasteiger partial charge in [0.05, 0.1) is 18.5 Å². The second-order valence-corrected chi connectivity index (χ2v) is 15.3. The first kappa shape index (κ1) is 37.7. The molecule has 13 nitrogen and oxygen atoms in total. The summed E-state index contributed by atoms with van der Waals surface area (Å²) in [5.41, 5.74) is 6.24. The molecule has 0 spiro atoms. The van der Waals surface area contributed by atoms with Crippen LogP contribution in [0.3, 0.4) is 0 Å². The minimum absolute atomic E-state index is 0.0138. The van der Waals surface area contributed by atoms with Crippen LogP contribution in [0, 0.1) is 13.8 Å². The second-order valence-electron chi connectivity index (χ2n) is 13.8. The minimum atomic E-state index is -4.15. The number of rotatable bonds is 12. The predicted molar refractivity (Wildman–Crippen MR) is 193 cm³/mol. The zero-order chi connectivity index (χ0) is 37.1. The molecule has 1 aromatic heterocycles. The summed E-state index contributed by atoms with van der Waals surface area (Å²) in [6.45, 7) is 12.0. The highest BCUT2D eigenvalue weighted by Gasteiger charge is 2.33. The van der Waals surface area contributed by atoms with Crippen molar-refractivity contribution in [2.24, 2.45) is 0 Å². The Balaban J connectivity index is 1.46. The van der Waals surface area contributed by atoms with Crippen LogP contribution in [0.25, 0.3) is 11.0 Å². The largest absolute Gasteiger partial charge is 0.466 e. The highest BCUT2D eigenvalue weighted by atomic mass is 32.2. The van der Waals surface area contributed by atoms with E-state index in [9.17, 15) is 23.1 Å². The van der Waals surface area contributed by atoms with E-state index in [-0.39, 0.29) is 44.4 Å². The third-order valence-corrected chi connectivity index (χ3v) is 10.2. The van der Waals surface area contributed by atoms with Crippen molar-refractivity contribution in [1.29, 1.82) is 0 Å². The molecule has 51 heavy (non-hydrogen) atoms. The first-order valence-corrected chi connectivity index (χ1v) is 18.5. The lowest BCUT2D eigenvalue weighted by molar-refractivity contribution is -0.143. The third-order valence-electron chi connectivity index (χ3n) is 8.89. The van der Waals surface area contributed by atoms with E-state index in [1.165, 1.54) is 9.21 Å². The van der Waals surface area contributed by atoms with Gasteiger partial charge < -0.3 is 18.8 Å². The Labute approximate surface area is 299 Å². The second kappa shape index (κ2) is 15.4. The van der Waals surface area contributed by atoms with Gasteiger partial charge in [-0.25, -0.2) is 9.48 Å². The SMILES string of the molecule is CCOC(=O)CC(c1ccc(C)c(CN2Cc3cc(N(C)C(=O)OC(C)(C)C)ccc3OS2(=O)=O)c1)c1ccc2c(nnn2CCCCO)c1C. The summed E-state index contributed by atoms with van der Waals surface area (Å²) in [7, 11) is -2.56. The van der Waals surface area contributed by atoms with E-state index >= 15 is 0 Å². The van der Waals surface area contributed by atoms with Gasteiger partial charge in [0.2, 0.25) is 0 Å². The van der Waals surface area contributed by atoms with Crippen molar-refractivity contribution in [1.82, 2.24) is 19.3 Å². The number of nitrogens with zero attached hydrogens (tertiary/aromatic N) is 5. The number of unbranched alkanes of at least 4 members (excludes halogenated alkanes) is 1. The van der Waals surface area contributed by atoms with Crippen molar-refractivity contribution < 1.29 is 36.8 Å². The number of fused-ring (bicyclic) bond motifs is 2. The number of aryl methyl sites for hydroxylation is 3. The van der Waals surface area contributed by atoms with Crippen LogP contribution < -0.4 is 9.08 Å². The van der Waals surface area contributed by atoms with Crippen LogP contribution in [0.15, 0.2) is 48.5 Å². The van der Waals surface area contributed by atoms with E-state index in [1.54, 1.807) is 52.9 Å². The van der Waals surface area contributed by atoms with E-state index in [2.05, 4.69) is 10.3 Å². The van der Waals surface area contributed by atoms with Gasteiger partial charge in [0.15, 0.2) is 0 Å². The first-order chi connectivity index (χ1) is 24.1. The Kier molecular flexibility index (Phi) is 11.4. The van der Waals surface area contributed by atoms with Crippen molar-refractivity contribution in [3.05, 3.63) is 81.9 Å². The molecule has 2 heterocycles. The number of anilines is 1. The molecule has 274 valence electrons. The molecular formula is C37H47N5O8S. The number of esters is 1. The third kappa shape index (κ3) is 8.68. The van der Waals surface area contributed by atoms with Gasteiger partial charge >= 0.3 is 22.4 Å². The van der Waals surface area contributed by atoms with Crippen molar-refractivity contribution in [3.63, 3.8) is 0 Å². The Morgan fingerprint density at radius 3 is 2.55 bits per heavy atom. The summed E-state index contributed by atoms with van der Waals surface area (Å²) in [4.78, 5) is 27.1. The zero-order valence-corrected chi connectivity index (χ0v) is 31.1. The number of carbonyl (C=O) groups excluding carboxylic acids is 2. The number of hydrogen-bond donors (Lipinski definition) is 1. The molecule has 0 saturated carbocycles. The number of carbonyl (C=O) groups is 2. The van der Waals surface area contributed by atoms with Gasteiger partial charge in [-0.05, 0) is 106 Å². The number of benzene rings is 3. The van der Waals surface area contributed by atoms with Gasteiger partial charge in [-0.2, -0.15) is 12.7 Å². The molecule has 0 bridgehead atoms. The molecule has 0 radical (unpaired) electrons. The molecule has 1 aliphatic rings. The van der Waals surface area contributed by atoms with Crippen molar-refractivity contribution in [2.45, 2.75) is 92.0 Å². The number of aromatic nitrogens is 3. The van der Waals surface area contributed by atoms with Gasteiger partial charge in [0.1, 0.15) is 16.9 Å². The van der Waals surface area contributed by atoms with Crippen LogP contribution in [-0.4, -0.2) is 70.7 Å². The first-order valence-electron chi connectivity index (χ1n) is 17.1. The Morgan fingerprint density at radius 1 is 1.08 bits per heavy atom. The monoisotopic (exact) mass is 721 g/mol. The summed E-state index contributed by atoms with van der Waals surface area (Å²) >= 11 is 0. The quantitative estimate of drug-likeness (QED) is 0.138. The molecule has 1 N–H and O–H groups in total. The Bertz CT molecular complexity index is 2020. The number of ether oxygens (including phenoxy) is 2. The Hall–Kier alpha value is -4.53. The maximum absolute atomic E-state index is 13.4. The fourth-order valence-corrected chi connectivity index (χ4v) is 7.24. The van der Waals surface area contributed by atoms with Gasteiger partial charge in [0.25, 0.3) is 0 Å². The molecule has 0 aliphatic carbocycles. The number of amides is 1. The lowest BCUT2D eigenvalue weighted by Crippen LogP contribution is -2.38.